The van der Waals surface area contributed by atoms with Crippen molar-refractivity contribution in [1.29, 1.82) is 0 Å². The van der Waals surface area contributed by atoms with E-state index in [1.165, 1.54) is 11.1 Å². The molecule has 0 saturated heterocycles. The van der Waals surface area contributed by atoms with Crippen molar-refractivity contribution in [3.8, 4) is 11.5 Å². The maximum absolute atomic E-state index is 14.2. The Morgan fingerprint density at radius 2 is 0.778 bits per heavy atom. The van der Waals surface area contributed by atoms with Crippen LogP contribution < -0.4 is 14.4 Å². The normalized spacial score (nSPS) is 12.4. The van der Waals surface area contributed by atoms with Gasteiger partial charge in [0.2, 0.25) is 0 Å². The number of hydrogen-bond donors (Lipinski definition) is 0. The Kier molecular flexibility index (Phi) is 7.30. The molecule has 1 unspecified atom stereocenters. The molecule has 5 aromatic rings. The monoisotopic (exact) mass is 490 g/mol. The first-order valence-electron chi connectivity index (χ1n) is 12.0. The van der Waals surface area contributed by atoms with Gasteiger partial charge in [-0.2, -0.15) is 0 Å². The van der Waals surface area contributed by atoms with Crippen molar-refractivity contribution in [3.05, 3.63) is 162 Å². The summed E-state index contributed by atoms with van der Waals surface area (Å²) in [6, 6.07) is 45.1. The molecule has 4 heteroatoms. The highest BCUT2D eigenvalue weighted by atomic mass is 31.2. The molecular weight excluding hydrogens is 463 g/mol. The van der Waals surface area contributed by atoms with Gasteiger partial charge in [-0.05, 0) is 71.5 Å². The van der Waals surface area contributed by atoms with Gasteiger partial charge in [-0.3, -0.25) is 0 Å². The quantitative estimate of drug-likeness (QED) is 0.197. The second-order valence-electron chi connectivity index (χ2n) is 8.63. The van der Waals surface area contributed by atoms with E-state index in [1.54, 1.807) is 12.1 Å². The van der Waals surface area contributed by atoms with Gasteiger partial charge in [0, 0.05) is 0 Å². The predicted molar refractivity (Wildman–Crippen MR) is 146 cm³/mol. The van der Waals surface area contributed by atoms with E-state index in [4.69, 9.17) is 9.05 Å². The number of hydrogen-bond acceptors (Lipinski definition) is 3. The molecule has 0 radical (unpaired) electrons. The molecule has 0 bridgehead atoms. The zero-order valence-corrected chi connectivity index (χ0v) is 20.8. The third-order valence-electron chi connectivity index (χ3n) is 5.87. The zero-order chi connectivity index (χ0) is 24.6. The van der Waals surface area contributed by atoms with Crippen LogP contribution in [0.2, 0.25) is 0 Å². The first-order valence-corrected chi connectivity index (χ1v) is 13.5. The molecule has 0 aliphatic heterocycles. The van der Waals surface area contributed by atoms with Gasteiger partial charge in [0.25, 0.3) is 0 Å². The van der Waals surface area contributed by atoms with E-state index in [1.807, 2.05) is 103 Å². The Labute approximate surface area is 212 Å². The van der Waals surface area contributed by atoms with Crippen molar-refractivity contribution in [1.82, 2.24) is 0 Å². The highest BCUT2D eigenvalue weighted by molar-refractivity contribution is 7.63. The molecule has 1 atom stereocenters. The summed E-state index contributed by atoms with van der Waals surface area (Å²) in [7, 11) is -3.70. The fourth-order valence-corrected chi connectivity index (χ4v) is 5.57. The van der Waals surface area contributed by atoms with E-state index in [-0.39, 0.29) is 0 Å². The van der Waals surface area contributed by atoms with E-state index in [0.717, 1.165) is 24.0 Å². The van der Waals surface area contributed by atoms with Crippen LogP contribution in [0.25, 0.3) is 0 Å². The van der Waals surface area contributed by atoms with Crippen molar-refractivity contribution >= 4 is 12.9 Å². The molecule has 0 amide bonds. The summed E-state index contributed by atoms with van der Waals surface area (Å²) >= 11 is 0. The van der Waals surface area contributed by atoms with E-state index in [0.29, 0.717) is 16.8 Å². The van der Waals surface area contributed by atoms with Gasteiger partial charge >= 0.3 is 7.60 Å². The predicted octanol–water partition coefficient (Wildman–Crippen LogP) is 7.84. The van der Waals surface area contributed by atoms with Gasteiger partial charge in [0.1, 0.15) is 11.5 Å². The lowest BCUT2D eigenvalue weighted by Crippen LogP contribution is -2.15. The minimum absolute atomic E-state index is 0.495. The van der Waals surface area contributed by atoms with Crippen LogP contribution in [0, 0.1) is 0 Å². The lowest BCUT2D eigenvalue weighted by Gasteiger charge is -2.21. The summed E-state index contributed by atoms with van der Waals surface area (Å²) in [4.78, 5) is 0. The van der Waals surface area contributed by atoms with Crippen molar-refractivity contribution in [2.75, 3.05) is 0 Å². The Morgan fingerprint density at radius 1 is 0.417 bits per heavy atom. The average molecular weight is 491 g/mol. The summed E-state index contributed by atoms with van der Waals surface area (Å²) in [5.74, 6) is 0.995. The Bertz CT molecular complexity index is 1420. The fourth-order valence-electron chi connectivity index (χ4n) is 4.01. The first-order chi connectivity index (χ1) is 17.7. The van der Waals surface area contributed by atoms with Crippen LogP contribution in [0.5, 0.6) is 11.5 Å². The Balaban J connectivity index is 1.38. The molecular formula is C32H27O3P. The molecule has 0 spiro atoms. The smallest absolute Gasteiger partial charge is 0.413 e. The number of para-hydroxylation sites is 1. The summed E-state index contributed by atoms with van der Waals surface area (Å²) < 4.78 is 26.3. The van der Waals surface area contributed by atoms with Gasteiger partial charge < -0.3 is 9.05 Å². The van der Waals surface area contributed by atoms with Gasteiger partial charge in [0.05, 0.1) is 5.30 Å². The minimum atomic E-state index is -3.70. The first kappa shape index (κ1) is 23.7. The molecule has 3 nitrogen and oxygen atoms in total. The fraction of sp³-hybridized carbons (Fsp3) is 0.0625. The van der Waals surface area contributed by atoms with Gasteiger partial charge in [-0.15, -0.1) is 0 Å². The molecule has 5 aromatic carbocycles. The molecule has 178 valence electrons. The second-order valence-corrected chi connectivity index (χ2v) is 10.5. The van der Waals surface area contributed by atoms with E-state index in [9.17, 15) is 4.57 Å². The number of rotatable bonds is 9. The van der Waals surface area contributed by atoms with Gasteiger partial charge in [-0.1, -0.05) is 103 Å². The molecule has 0 aromatic heterocycles. The van der Waals surface area contributed by atoms with Gasteiger partial charge in [0.15, 0.2) is 0 Å². The molecule has 5 rings (SSSR count). The third-order valence-corrected chi connectivity index (χ3v) is 7.71. The highest BCUT2D eigenvalue weighted by Crippen LogP contribution is 2.47. The van der Waals surface area contributed by atoms with Crippen LogP contribution in [-0.2, 0) is 17.4 Å². The Morgan fingerprint density at radius 3 is 1.25 bits per heavy atom. The van der Waals surface area contributed by atoms with Crippen LogP contribution in [0.3, 0.4) is 0 Å². The molecule has 0 saturated carbocycles. The summed E-state index contributed by atoms with van der Waals surface area (Å²) in [5, 5.41) is 0.511. The van der Waals surface area contributed by atoms with Crippen LogP contribution in [0.15, 0.2) is 140 Å². The average Bonchev–Trinajstić information content (AvgIpc) is 2.92. The molecule has 0 aliphatic rings. The van der Waals surface area contributed by atoms with Crippen molar-refractivity contribution in [2.24, 2.45) is 0 Å². The lowest BCUT2D eigenvalue weighted by atomic mass is 10.1. The largest absolute Gasteiger partial charge is 0.462 e. The highest BCUT2D eigenvalue weighted by Gasteiger charge is 2.31. The van der Waals surface area contributed by atoms with Crippen LogP contribution in [0.1, 0.15) is 22.3 Å². The standard InChI is InChI=1S/C32H27O3P/c33-36(34-30-14-8-3-9-15-30,32-22-18-29(19-23-32)25-27-12-6-2-7-13-27)35-31-20-16-28(17-21-31)24-26-10-4-1-5-11-26/h1-23H,24-25H2. The molecule has 0 N–H and O–H groups in total. The van der Waals surface area contributed by atoms with Crippen molar-refractivity contribution in [2.45, 2.75) is 12.8 Å². The number of benzene rings is 5. The van der Waals surface area contributed by atoms with E-state index < -0.39 is 7.60 Å². The SMILES string of the molecule is O=P(Oc1ccccc1)(Oc1ccc(Cc2ccccc2)cc1)c1ccc(Cc2ccccc2)cc1. The van der Waals surface area contributed by atoms with E-state index >= 15 is 0 Å². The van der Waals surface area contributed by atoms with Crippen LogP contribution >= 0.6 is 7.60 Å². The maximum Gasteiger partial charge on any atom is 0.462 e. The molecule has 0 heterocycles. The van der Waals surface area contributed by atoms with Crippen molar-refractivity contribution < 1.29 is 13.6 Å². The minimum Gasteiger partial charge on any atom is -0.413 e. The topological polar surface area (TPSA) is 35.5 Å². The zero-order valence-electron chi connectivity index (χ0n) is 19.9. The third kappa shape index (κ3) is 6.13. The Hall–Kier alpha value is -4.07. The molecule has 36 heavy (non-hydrogen) atoms. The summed E-state index contributed by atoms with van der Waals surface area (Å²) in [6.07, 6.45) is 1.62. The summed E-state index contributed by atoms with van der Waals surface area (Å²) in [5.41, 5.74) is 4.74. The van der Waals surface area contributed by atoms with E-state index in [2.05, 4.69) is 24.3 Å². The van der Waals surface area contributed by atoms with Crippen LogP contribution in [0.4, 0.5) is 0 Å². The molecule has 0 aliphatic carbocycles. The second kappa shape index (κ2) is 11.1. The molecule has 0 fully saturated rings. The van der Waals surface area contributed by atoms with Crippen LogP contribution in [-0.4, -0.2) is 0 Å². The lowest BCUT2D eigenvalue weighted by molar-refractivity contribution is 0.399. The van der Waals surface area contributed by atoms with Crippen molar-refractivity contribution in [3.63, 3.8) is 0 Å². The summed E-state index contributed by atoms with van der Waals surface area (Å²) in [6.45, 7) is 0. The maximum atomic E-state index is 14.2. The van der Waals surface area contributed by atoms with Gasteiger partial charge in [-0.25, -0.2) is 4.57 Å².